The monoisotopic (exact) mass is 441 g/mol. The largest absolute Gasteiger partial charge is 0.481 e. The molecule has 0 aliphatic carbocycles. The highest BCUT2D eigenvalue weighted by molar-refractivity contribution is 7.08. The van der Waals surface area contributed by atoms with E-state index in [1.165, 1.54) is 0 Å². The van der Waals surface area contributed by atoms with Gasteiger partial charge in [0, 0.05) is 32.0 Å². The normalized spacial score (nSPS) is 10.8. The van der Waals surface area contributed by atoms with Gasteiger partial charge < -0.3 is 16.2 Å². The third-order valence-corrected chi connectivity index (χ3v) is 5.59. The topological polar surface area (TPSA) is 123 Å². The summed E-state index contributed by atoms with van der Waals surface area (Å²) in [6.45, 7) is 0.734. The van der Waals surface area contributed by atoms with E-state index >= 15 is 0 Å². The molecule has 0 fully saturated rings. The van der Waals surface area contributed by atoms with Gasteiger partial charge in [-0.1, -0.05) is 24.1 Å². The van der Waals surface area contributed by atoms with Crippen LogP contribution in [0.2, 0.25) is 0 Å². The van der Waals surface area contributed by atoms with Crippen LogP contribution in [0, 0.1) is 0 Å². The summed E-state index contributed by atoms with van der Waals surface area (Å²) in [5, 5.41) is 23.8. The maximum atomic E-state index is 12.4. The Morgan fingerprint density at radius 3 is 2.71 bits per heavy atom. The molecule has 0 aliphatic rings. The number of nitrogens with two attached hydrogens (primary N) is 1. The van der Waals surface area contributed by atoms with Gasteiger partial charge in [-0.15, -0.1) is 5.10 Å². The zero-order valence-corrected chi connectivity index (χ0v) is 18.1. The number of aryl methyl sites for hydroxylation is 2. The van der Waals surface area contributed by atoms with Crippen LogP contribution in [-0.2, 0) is 22.6 Å². The van der Waals surface area contributed by atoms with Crippen LogP contribution in [0.5, 0.6) is 0 Å². The van der Waals surface area contributed by atoms with Crippen molar-refractivity contribution in [3.63, 3.8) is 0 Å². The van der Waals surface area contributed by atoms with Crippen molar-refractivity contribution in [1.29, 1.82) is 0 Å². The number of unbranched alkanes of at least 4 members (excludes halogenated alkanes) is 3. The Morgan fingerprint density at radius 1 is 1.10 bits per heavy atom. The highest BCUT2D eigenvalue weighted by Gasteiger charge is 2.10. The molecule has 2 aromatic heterocycles. The van der Waals surface area contributed by atoms with Gasteiger partial charge in [0.25, 0.3) is 0 Å². The van der Waals surface area contributed by atoms with Crippen LogP contribution in [0.15, 0.2) is 41.2 Å². The predicted octanol–water partition coefficient (Wildman–Crippen LogP) is 4.20. The minimum Gasteiger partial charge on any atom is -0.481 e. The summed E-state index contributed by atoms with van der Waals surface area (Å²) in [5.41, 5.74) is 10.0. The first-order chi connectivity index (χ1) is 15.0. The number of thiophene rings is 1. The predicted molar refractivity (Wildman–Crippen MR) is 122 cm³/mol. The molecule has 0 aliphatic heterocycles. The number of aromatic nitrogens is 3. The molecule has 0 saturated carbocycles. The summed E-state index contributed by atoms with van der Waals surface area (Å²) >= 11 is 1.62. The third-order valence-electron chi connectivity index (χ3n) is 4.90. The fraction of sp³-hybridized carbons (Fsp3) is 0.364. The number of carboxylic acids is 1. The van der Waals surface area contributed by atoms with E-state index in [9.17, 15) is 9.59 Å². The molecular weight excluding hydrogens is 414 g/mol. The second kappa shape index (κ2) is 11.3. The first kappa shape index (κ1) is 22.5. The molecule has 4 N–H and O–H groups in total. The number of hydrogen-bond donors (Lipinski definition) is 3. The fourth-order valence-electron chi connectivity index (χ4n) is 3.19. The van der Waals surface area contributed by atoms with Crippen molar-refractivity contribution < 1.29 is 14.7 Å². The van der Waals surface area contributed by atoms with Crippen molar-refractivity contribution in [2.24, 2.45) is 0 Å². The Hall–Kier alpha value is -3.20. The quantitative estimate of drug-likeness (QED) is 0.286. The van der Waals surface area contributed by atoms with E-state index in [4.69, 9.17) is 10.8 Å². The van der Waals surface area contributed by atoms with Crippen LogP contribution >= 0.6 is 11.3 Å². The minimum atomic E-state index is -0.747. The van der Waals surface area contributed by atoms with Gasteiger partial charge in [0.2, 0.25) is 5.91 Å². The molecule has 3 aromatic rings. The number of carbonyl (C=O) groups excluding carboxylic acids is 1. The van der Waals surface area contributed by atoms with E-state index in [0.29, 0.717) is 24.2 Å². The van der Waals surface area contributed by atoms with Crippen molar-refractivity contribution in [2.45, 2.75) is 51.5 Å². The summed E-state index contributed by atoms with van der Waals surface area (Å²) in [6.07, 6.45) is 6.33. The smallest absolute Gasteiger partial charge is 0.303 e. The summed E-state index contributed by atoms with van der Waals surface area (Å²) in [5.74, 6) is -0.870. The standard InChI is InChI=1S/C22H27N5O3S/c23-19-8-6-16(17-10-12-31-15-17)13-20(19)24-21(28)9-7-18-14-27(26-25-18)11-4-2-1-3-5-22(29)30/h6,8,10,12-15H,1-5,7,9,11,23H2,(H,24,28)(H,29,30). The lowest BCUT2D eigenvalue weighted by molar-refractivity contribution is -0.137. The fourth-order valence-corrected chi connectivity index (χ4v) is 3.86. The average Bonchev–Trinajstić information content (AvgIpc) is 3.43. The van der Waals surface area contributed by atoms with Gasteiger partial charge in [0.15, 0.2) is 0 Å². The molecule has 0 radical (unpaired) electrons. The zero-order chi connectivity index (χ0) is 22.1. The summed E-state index contributed by atoms with van der Waals surface area (Å²) in [7, 11) is 0. The van der Waals surface area contributed by atoms with Crippen LogP contribution in [-0.4, -0.2) is 32.0 Å². The molecule has 2 heterocycles. The number of anilines is 2. The van der Waals surface area contributed by atoms with Crippen LogP contribution < -0.4 is 11.1 Å². The molecule has 1 amide bonds. The molecule has 0 atom stereocenters. The summed E-state index contributed by atoms with van der Waals surface area (Å²) < 4.78 is 1.77. The Labute approximate surface area is 185 Å². The van der Waals surface area contributed by atoms with E-state index < -0.39 is 5.97 Å². The van der Waals surface area contributed by atoms with Gasteiger partial charge in [0.05, 0.1) is 17.1 Å². The van der Waals surface area contributed by atoms with Gasteiger partial charge in [-0.05, 0) is 52.9 Å². The van der Waals surface area contributed by atoms with Gasteiger partial charge in [-0.2, -0.15) is 11.3 Å². The number of nitrogen functional groups attached to an aromatic ring is 1. The highest BCUT2D eigenvalue weighted by atomic mass is 32.1. The Kier molecular flexibility index (Phi) is 8.17. The van der Waals surface area contributed by atoms with E-state index in [0.717, 1.165) is 42.6 Å². The molecule has 0 unspecified atom stereocenters. The molecule has 0 saturated heterocycles. The molecule has 0 spiro atoms. The number of aliphatic carboxylic acids is 1. The van der Waals surface area contributed by atoms with Gasteiger partial charge in [-0.25, -0.2) is 0 Å². The number of hydrogen-bond acceptors (Lipinski definition) is 6. The zero-order valence-electron chi connectivity index (χ0n) is 17.3. The maximum Gasteiger partial charge on any atom is 0.303 e. The molecule has 0 bridgehead atoms. The SMILES string of the molecule is Nc1ccc(-c2ccsc2)cc1NC(=O)CCc1cn(CCCCCCC(=O)O)nn1. The van der Waals surface area contributed by atoms with Crippen molar-refractivity contribution in [2.75, 3.05) is 11.1 Å². The number of nitrogens with one attached hydrogen (secondary N) is 1. The molecule has 9 heteroatoms. The summed E-state index contributed by atoms with van der Waals surface area (Å²) in [6, 6.07) is 7.66. The third kappa shape index (κ3) is 7.21. The number of carbonyl (C=O) groups is 2. The lowest BCUT2D eigenvalue weighted by Crippen LogP contribution is -2.13. The highest BCUT2D eigenvalue weighted by Crippen LogP contribution is 2.28. The Morgan fingerprint density at radius 2 is 1.94 bits per heavy atom. The molecule has 164 valence electrons. The Balaban J connectivity index is 1.42. The average molecular weight is 442 g/mol. The number of carboxylic acid groups (broad SMARTS) is 1. The van der Waals surface area contributed by atoms with E-state index in [1.54, 1.807) is 22.1 Å². The van der Waals surface area contributed by atoms with E-state index in [2.05, 4.69) is 21.0 Å². The maximum absolute atomic E-state index is 12.4. The van der Waals surface area contributed by atoms with Crippen molar-refractivity contribution >= 4 is 34.6 Å². The molecular formula is C22H27N5O3S. The minimum absolute atomic E-state index is 0.123. The van der Waals surface area contributed by atoms with Crippen LogP contribution in [0.4, 0.5) is 11.4 Å². The molecule has 1 aromatic carbocycles. The first-order valence-corrected chi connectivity index (χ1v) is 11.3. The summed E-state index contributed by atoms with van der Waals surface area (Å²) in [4.78, 5) is 22.9. The second-order valence-electron chi connectivity index (χ2n) is 7.39. The van der Waals surface area contributed by atoms with Crippen LogP contribution in [0.25, 0.3) is 11.1 Å². The first-order valence-electron chi connectivity index (χ1n) is 10.3. The van der Waals surface area contributed by atoms with Crippen molar-refractivity contribution in [1.82, 2.24) is 15.0 Å². The Bertz CT molecular complexity index is 1000. The number of nitrogens with zero attached hydrogens (tertiary/aromatic N) is 3. The van der Waals surface area contributed by atoms with Gasteiger partial charge in [-0.3, -0.25) is 14.3 Å². The lowest BCUT2D eigenvalue weighted by Gasteiger charge is -2.10. The van der Waals surface area contributed by atoms with Gasteiger partial charge >= 0.3 is 5.97 Å². The molecule has 31 heavy (non-hydrogen) atoms. The van der Waals surface area contributed by atoms with Gasteiger partial charge in [0.1, 0.15) is 0 Å². The van der Waals surface area contributed by atoms with E-state index in [1.807, 2.05) is 29.8 Å². The van der Waals surface area contributed by atoms with Crippen molar-refractivity contribution in [3.05, 3.63) is 46.9 Å². The molecule has 8 nitrogen and oxygen atoms in total. The second-order valence-corrected chi connectivity index (χ2v) is 8.17. The molecule has 3 rings (SSSR count). The number of amides is 1. The van der Waals surface area contributed by atoms with Crippen LogP contribution in [0.1, 0.15) is 44.2 Å². The van der Waals surface area contributed by atoms with Crippen molar-refractivity contribution in [3.8, 4) is 11.1 Å². The number of rotatable bonds is 12. The van der Waals surface area contributed by atoms with E-state index in [-0.39, 0.29) is 18.7 Å². The lowest BCUT2D eigenvalue weighted by atomic mass is 10.1. The number of benzene rings is 1. The van der Waals surface area contributed by atoms with Crippen LogP contribution in [0.3, 0.4) is 0 Å².